The normalized spacial score (nSPS) is 16.9. The molecule has 2 aliphatic heterocycles. The summed E-state index contributed by atoms with van der Waals surface area (Å²) in [6.07, 6.45) is 3.41. The van der Waals surface area contributed by atoms with Crippen LogP contribution in [0.4, 0.5) is 11.5 Å². The van der Waals surface area contributed by atoms with Crippen molar-refractivity contribution in [2.75, 3.05) is 43.0 Å². The maximum atomic E-state index is 14.0. The maximum Gasteiger partial charge on any atom is 0.296 e. The van der Waals surface area contributed by atoms with Crippen LogP contribution in [0, 0.1) is 25.2 Å². The molecule has 0 aliphatic carbocycles. The Kier molecular flexibility index (Phi) is 8.78. The van der Waals surface area contributed by atoms with Crippen molar-refractivity contribution < 1.29 is 4.79 Å². The summed E-state index contributed by atoms with van der Waals surface area (Å²) in [6.45, 7) is 9.13. The second kappa shape index (κ2) is 12.4. The number of unbranched alkanes of at least 4 members (excludes halogenated alkanes) is 1. The third kappa shape index (κ3) is 5.37. The predicted octanol–water partition coefficient (Wildman–Crippen LogP) is 3.78. The summed E-state index contributed by atoms with van der Waals surface area (Å²) in [4.78, 5) is 47.4. The minimum atomic E-state index is -0.408. The van der Waals surface area contributed by atoms with Crippen molar-refractivity contribution in [2.45, 2.75) is 40.2 Å². The lowest BCUT2D eigenvalue weighted by Crippen LogP contribution is -2.47. The number of rotatable bonds is 7. The van der Waals surface area contributed by atoms with E-state index >= 15 is 0 Å². The van der Waals surface area contributed by atoms with Gasteiger partial charge in [0, 0.05) is 45.3 Å². The molecule has 2 aliphatic rings. The number of para-hydroxylation sites is 1. The molecule has 0 radical (unpaired) electrons. The van der Waals surface area contributed by atoms with Gasteiger partial charge in [0.05, 0.1) is 16.3 Å². The van der Waals surface area contributed by atoms with E-state index < -0.39 is 5.91 Å². The van der Waals surface area contributed by atoms with Gasteiger partial charge in [-0.1, -0.05) is 55.5 Å². The van der Waals surface area contributed by atoms with E-state index in [-0.39, 0.29) is 26.7 Å². The highest BCUT2D eigenvalue weighted by Gasteiger charge is 2.38. The van der Waals surface area contributed by atoms with Crippen LogP contribution in [0.5, 0.6) is 0 Å². The van der Waals surface area contributed by atoms with E-state index in [0.29, 0.717) is 47.0 Å². The molecular formula is C31H35N7O3S2. The van der Waals surface area contributed by atoms with E-state index in [4.69, 9.17) is 12.2 Å². The van der Waals surface area contributed by atoms with Gasteiger partial charge in [-0.25, -0.2) is 4.68 Å². The predicted molar refractivity (Wildman–Crippen MR) is 176 cm³/mol. The minimum Gasteiger partial charge on any atom is -0.355 e. The Morgan fingerprint density at radius 1 is 1.02 bits per heavy atom. The fraction of sp³-hybridized carbons (Fsp3) is 0.387. The highest BCUT2D eigenvalue weighted by Crippen LogP contribution is 2.38. The summed E-state index contributed by atoms with van der Waals surface area (Å²) < 4.78 is 5.19. The van der Waals surface area contributed by atoms with E-state index in [0.717, 1.165) is 43.5 Å². The van der Waals surface area contributed by atoms with Crippen molar-refractivity contribution in [3.63, 3.8) is 0 Å². The third-order valence-corrected chi connectivity index (χ3v) is 9.50. The summed E-state index contributed by atoms with van der Waals surface area (Å²) in [5.41, 5.74) is 2.08. The van der Waals surface area contributed by atoms with Crippen molar-refractivity contribution >= 4 is 51.8 Å². The van der Waals surface area contributed by atoms with Crippen LogP contribution in [0.15, 0.2) is 44.8 Å². The highest BCUT2D eigenvalue weighted by atomic mass is 32.2. The van der Waals surface area contributed by atoms with Gasteiger partial charge in [0.2, 0.25) is 0 Å². The van der Waals surface area contributed by atoms with Crippen molar-refractivity contribution in [1.82, 2.24) is 18.8 Å². The molecule has 0 bridgehead atoms. The van der Waals surface area contributed by atoms with Gasteiger partial charge in [0.15, 0.2) is 4.32 Å². The van der Waals surface area contributed by atoms with Gasteiger partial charge in [-0.2, -0.15) is 5.26 Å². The molecule has 0 atom stereocenters. The molecule has 43 heavy (non-hydrogen) atoms. The summed E-state index contributed by atoms with van der Waals surface area (Å²) in [5.74, 6) is 0.310. The fourth-order valence-corrected chi connectivity index (χ4v) is 6.88. The number of aromatic nitrogens is 3. The van der Waals surface area contributed by atoms with Gasteiger partial charge in [-0.15, -0.1) is 0 Å². The molecule has 2 saturated heterocycles. The van der Waals surface area contributed by atoms with E-state index in [9.17, 15) is 19.6 Å². The van der Waals surface area contributed by atoms with Crippen LogP contribution in [0.25, 0.3) is 11.8 Å². The molecular weight excluding hydrogens is 583 g/mol. The van der Waals surface area contributed by atoms with E-state index in [1.165, 1.54) is 9.58 Å². The number of anilines is 2. The zero-order valence-corrected chi connectivity index (χ0v) is 26.7. The Labute approximate surface area is 260 Å². The molecule has 3 aromatic rings. The lowest BCUT2D eigenvalue weighted by Gasteiger charge is -2.36. The first-order valence-corrected chi connectivity index (χ1v) is 15.6. The van der Waals surface area contributed by atoms with Gasteiger partial charge in [0.25, 0.3) is 17.0 Å². The van der Waals surface area contributed by atoms with Crippen LogP contribution in [0.2, 0.25) is 0 Å². The largest absolute Gasteiger partial charge is 0.355 e. The van der Waals surface area contributed by atoms with Gasteiger partial charge in [-0.05, 0) is 51.1 Å². The number of hydrogen-bond acceptors (Lipinski definition) is 8. The van der Waals surface area contributed by atoms with Gasteiger partial charge >= 0.3 is 0 Å². The van der Waals surface area contributed by atoms with Gasteiger partial charge < -0.3 is 9.80 Å². The molecule has 1 aromatic carbocycles. The average molecular weight is 618 g/mol. The fourth-order valence-electron chi connectivity index (χ4n) is 5.63. The summed E-state index contributed by atoms with van der Waals surface area (Å²) in [6, 6.07) is 11.3. The second-order valence-electron chi connectivity index (χ2n) is 10.9. The molecule has 1 amide bonds. The van der Waals surface area contributed by atoms with E-state index in [1.807, 2.05) is 30.3 Å². The first-order chi connectivity index (χ1) is 20.6. The van der Waals surface area contributed by atoms with Crippen LogP contribution in [0.3, 0.4) is 0 Å². The Balaban J connectivity index is 1.66. The molecule has 2 fully saturated rings. The Morgan fingerprint density at radius 3 is 2.33 bits per heavy atom. The molecule has 5 rings (SSSR count). The molecule has 12 heteroatoms. The number of benzene rings is 1. The van der Waals surface area contributed by atoms with Crippen LogP contribution in [0.1, 0.15) is 42.1 Å². The van der Waals surface area contributed by atoms with Crippen molar-refractivity contribution in [2.24, 2.45) is 7.05 Å². The number of carbonyl (C=O) groups is 1. The second-order valence-corrected chi connectivity index (χ2v) is 12.6. The van der Waals surface area contributed by atoms with Crippen molar-refractivity contribution in [3.8, 4) is 11.8 Å². The molecule has 0 saturated carbocycles. The van der Waals surface area contributed by atoms with Crippen LogP contribution < -0.4 is 20.9 Å². The van der Waals surface area contributed by atoms with E-state index in [2.05, 4.69) is 29.8 Å². The topological polar surface area (TPSA) is 99.5 Å². The first-order valence-electron chi connectivity index (χ1n) is 14.3. The molecule has 224 valence electrons. The summed E-state index contributed by atoms with van der Waals surface area (Å²) in [5, 5.41) is 9.99. The number of nitrogens with zero attached hydrogens (tertiary/aromatic N) is 7. The average Bonchev–Trinajstić information content (AvgIpc) is 3.39. The van der Waals surface area contributed by atoms with Crippen molar-refractivity contribution in [3.05, 3.63) is 78.3 Å². The molecule has 10 nitrogen and oxygen atoms in total. The van der Waals surface area contributed by atoms with Gasteiger partial charge in [-0.3, -0.25) is 28.5 Å². The molecule has 0 spiro atoms. The standard InChI is InChI=1S/C31H35N7O3S2/c1-6-7-13-36-27(35-16-14-33(4)15-17-35)23(20(2)24(19-32)28(36)39)18-25-29(40)37(31(42)43-25)26-21(3)34(5)38(30(26)41)22-11-9-8-10-12-22/h8-12,18H,6-7,13-17H2,1-5H3/b25-18-. The number of carbonyl (C=O) groups excluding carboxylic acids is 1. The number of nitriles is 1. The van der Waals surface area contributed by atoms with Crippen LogP contribution >= 0.6 is 24.0 Å². The molecule has 2 aromatic heterocycles. The van der Waals surface area contributed by atoms with E-state index in [1.54, 1.807) is 36.2 Å². The number of thioether (sulfide) groups is 1. The molecule has 0 N–H and O–H groups in total. The summed E-state index contributed by atoms with van der Waals surface area (Å²) in [7, 11) is 3.84. The Morgan fingerprint density at radius 2 is 1.70 bits per heavy atom. The number of piperazine rings is 1. The Bertz CT molecular complexity index is 1790. The zero-order valence-electron chi connectivity index (χ0n) is 25.1. The highest BCUT2D eigenvalue weighted by molar-refractivity contribution is 8.27. The Hall–Kier alpha value is -3.92. The quantitative estimate of drug-likeness (QED) is 0.292. The number of pyridine rings is 1. The number of hydrogen-bond donors (Lipinski definition) is 0. The molecule has 0 unspecified atom stereocenters. The maximum absolute atomic E-state index is 14.0. The number of amides is 1. The molecule has 4 heterocycles. The minimum absolute atomic E-state index is 0.0698. The number of thiocarbonyl (C=S) groups is 1. The van der Waals surface area contributed by atoms with Gasteiger partial charge in [0.1, 0.15) is 23.1 Å². The van der Waals surface area contributed by atoms with Crippen LogP contribution in [-0.2, 0) is 18.4 Å². The number of likely N-dealkylation sites (N-methyl/N-ethyl adjacent to an activating group) is 1. The monoisotopic (exact) mass is 617 g/mol. The summed E-state index contributed by atoms with van der Waals surface area (Å²) >= 11 is 6.80. The lowest BCUT2D eigenvalue weighted by atomic mass is 10.0. The van der Waals surface area contributed by atoms with Crippen molar-refractivity contribution in [1.29, 1.82) is 5.26 Å². The zero-order chi connectivity index (χ0) is 31.0. The SMILES string of the molecule is CCCCn1c(N2CCN(C)CC2)c(/C=C2\SC(=S)N(c3c(C)n(C)n(-c4ccccc4)c3=O)C2=O)c(C)c(C#N)c1=O. The lowest BCUT2D eigenvalue weighted by molar-refractivity contribution is -0.113. The van der Waals surface area contributed by atoms with Crippen LogP contribution in [-0.4, -0.2) is 62.3 Å². The third-order valence-electron chi connectivity index (χ3n) is 8.20. The smallest absolute Gasteiger partial charge is 0.296 e. The first kappa shape index (κ1) is 30.5.